The Labute approximate surface area is 364 Å². The minimum atomic E-state index is -0.870. The fraction of sp³-hybridized carbons (Fsp3) is 0.286. The molecule has 0 radical (unpaired) electrons. The van der Waals surface area contributed by atoms with Crippen molar-refractivity contribution in [1.82, 2.24) is 83.9 Å². The number of benzene rings is 1. The Kier molecular flexibility index (Phi) is 13.8. The summed E-state index contributed by atoms with van der Waals surface area (Å²) < 4.78 is 28.5. The second-order valence-corrected chi connectivity index (χ2v) is 17.9. The predicted molar refractivity (Wildman–Crippen MR) is 243 cm³/mol. The molecule has 0 N–H and O–H groups in total. The minimum absolute atomic E-state index is 0.0440. The molecule has 0 aliphatic rings. The molecular formula is C42H47N17O2P2+2. The average Bonchev–Trinajstić information content (AvgIpc) is 4.15. The molecule has 0 fully saturated rings. The molecule has 0 amide bonds. The van der Waals surface area contributed by atoms with E-state index >= 15 is 0 Å². The highest BCUT2D eigenvalue weighted by atomic mass is 31.1. The summed E-state index contributed by atoms with van der Waals surface area (Å²) in [6.45, 7) is 16.6. The molecule has 1 aromatic carbocycles. The quantitative estimate of drug-likeness (QED) is 0.133. The molecule has 0 saturated heterocycles. The number of fused-ring (bicyclic) bond motifs is 4. The van der Waals surface area contributed by atoms with Gasteiger partial charge in [-0.2, -0.15) is 10.2 Å². The highest BCUT2D eigenvalue weighted by Gasteiger charge is 2.19. The Morgan fingerprint density at radius 1 is 0.619 bits per heavy atom. The summed E-state index contributed by atoms with van der Waals surface area (Å²) in [5.41, 5.74) is 9.78. The second kappa shape index (κ2) is 19.7. The monoisotopic (exact) mass is 883 g/mol. The fourth-order valence-corrected chi connectivity index (χ4v) is 6.42. The van der Waals surface area contributed by atoms with Crippen LogP contribution in [0.15, 0.2) is 104 Å². The number of nitrogens with zero attached hydrogens (tertiary/aromatic N) is 17. The standard InChI is InChI=1S/C20H18N8.C18H17N9.2C2H6OP/c1-3-27-12-16(10-23-27)18-11-22-19-20(24-18)28(26-25-19)13(2)14-6-7-17-15(9-14)5-4-8-21-17;1-3-26-11-14(8-21-26)15-9-20-17-18(22-15)27(24-23-17)12(2)13-4-5-16-19-6-7-25(16)10-13;2*1-4(2)3/h4-13H,3H2,1-2H3;4-12H,3H2,1-2H3;2*1-2H3/q;;2*+1. The zero-order chi connectivity index (χ0) is 44.6. The first-order valence-corrected chi connectivity index (χ1v) is 24.4. The Morgan fingerprint density at radius 2 is 1.16 bits per heavy atom. The van der Waals surface area contributed by atoms with Crippen molar-refractivity contribution in [2.45, 2.75) is 52.9 Å². The van der Waals surface area contributed by atoms with Crippen LogP contribution >= 0.6 is 15.6 Å². The number of aromatic nitrogens is 17. The average molecular weight is 884 g/mol. The number of pyridine rings is 2. The molecule has 0 bridgehead atoms. The van der Waals surface area contributed by atoms with Crippen molar-refractivity contribution in [3.8, 4) is 22.5 Å². The van der Waals surface area contributed by atoms with Gasteiger partial charge >= 0.3 is 15.6 Å². The molecule has 9 aromatic heterocycles. The van der Waals surface area contributed by atoms with Gasteiger partial charge in [-0.3, -0.25) is 14.3 Å². The smallest absolute Gasteiger partial charge is 0.307 e. The molecule has 9 heterocycles. The first kappa shape index (κ1) is 44.0. The third-order valence-electron chi connectivity index (χ3n) is 9.62. The molecule has 2 atom stereocenters. The molecule has 0 spiro atoms. The van der Waals surface area contributed by atoms with Gasteiger partial charge in [0.15, 0.2) is 11.3 Å². The van der Waals surface area contributed by atoms with E-state index in [2.05, 4.69) is 82.8 Å². The van der Waals surface area contributed by atoms with E-state index < -0.39 is 15.6 Å². The van der Waals surface area contributed by atoms with E-state index in [9.17, 15) is 9.13 Å². The molecule has 2 unspecified atom stereocenters. The molecule has 320 valence electrons. The van der Waals surface area contributed by atoms with Crippen molar-refractivity contribution in [1.29, 1.82) is 0 Å². The van der Waals surface area contributed by atoms with Crippen LogP contribution in [0.5, 0.6) is 0 Å². The van der Waals surface area contributed by atoms with Gasteiger partial charge in [-0.25, -0.2) is 34.3 Å². The van der Waals surface area contributed by atoms with Crippen LogP contribution < -0.4 is 0 Å². The van der Waals surface area contributed by atoms with Crippen molar-refractivity contribution >= 4 is 54.7 Å². The van der Waals surface area contributed by atoms with Crippen LogP contribution in [-0.2, 0) is 22.2 Å². The summed E-state index contributed by atoms with van der Waals surface area (Å²) in [6.07, 6.45) is 18.5. The Bertz CT molecular complexity index is 3150. The Balaban J connectivity index is 0.000000162. The van der Waals surface area contributed by atoms with Gasteiger partial charge in [-0.05, 0) is 63.1 Å². The van der Waals surface area contributed by atoms with E-state index in [4.69, 9.17) is 9.97 Å². The highest BCUT2D eigenvalue weighted by molar-refractivity contribution is 7.42. The van der Waals surface area contributed by atoms with Gasteiger partial charge in [-0.1, -0.05) is 37.8 Å². The summed E-state index contributed by atoms with van der Waals surface area (Å²) in [4.78, 5) is 27.1. The van der Waals surface area contributed by atoms with Gasteiger partial charge in [0.1, 0.15) is 32.3 Å². The topological polar surface area (TPSA) is 213 Å². The van der Waals surface area contributed by atoms with Crippen LogP contribution in [0.25, 0.3) is 61.7 Å². The maximum Gasteiger partial charge on any atom is 0.332 e. The van der Waals surface area contributed by atoms with Crippen molar-refractivity contribution in [3.63, 3.8) is 0 Å². The van der Waals surface area contributed by atoms with E-state index in [0.29, 0.717) is 22.6 Å². The van der Waals surface area contributed by atoms with Gasteiger partial charge < -0.3 is 4.40 Å². The minimum Gasteiger partial charge on any atom is -0.307 e. The van der Waals surface area contributed by atoms with Gasteiger partial charge in [0.25, 0.3) is 0 Å². The van der Waals surface area contributed by atoms with Crippen LogP contribution in [-0.4, -0.2) is 111 Å². The van der Waals surface area contributed by atoms with Crippen molar-refractivity contribution < 1.29 is 9.13 Å². The molecule has 63 heavy (non-hydrogen) atoms. The fourth-order valence-electron chi connectivity index (χ4n) is 6.42. The third-order valence-corrected chi connectivity index (χ3v) is 9.62. The van der Waals surface area contributed by atoms with Crippen LogP contribution in [0.4, 0.5) is 0 Å². The van der Waals surface area contributed by atoms with E-state index in [1.165, 1.54) is 0 Å². The zero-order valence-corrected chi connectivity index (χ0v) is 38.0. The lowest BCUT2D eigenvalue weighted by Crippen LogP contribution is -2.10. The Hall–Kier alpha value is -7.10. The summed E-state index contributed by atoms with van der Waals surface area (Å²) in [5, 5.41) is 26.7. The lowest BCUT2D eigenvalue weighted by molar-refractivity contribution is 0.554. The van der Waals surface area contributed by atoms with Crippen LogP contribution in [0.3, 0.4) is 0 Å². The second-order valence-electron chi connectivity index (χ2n) is 14.6. The van der Waals surface area contributed by atoms with Crippen LogP contribution in [0.1, 0.15) is 50.9 Å². The first-order chi connectivity index (χ1) is 30.4. The number of rotatable bonds is 8. The number of hydrogen-bond donors (Lipinski definition) is 0. The van der Waals surface area contributed by atoms with Gasteiger partial charge in [0.2, 0.25) is 11.3 Å². The summed E-state index contributed by atoms with van der Waals surface area (Å²) in [6, 6.07) is 14.2. The van der Waals surface area contributed by atoms with Crippen LogP contribution in [0.2, 0.25) is 0 Å². The lowest BCUT2D eigenvalue weighted by atomic mass is 10.1. The summed E-state index contributed by atoms with van der Waals surface area (Å²) in [7, 11) is -1.74. The Morgan fingerprint density at radius 3 is 1.70 bits per heavy atom. The largest absolute Gasteiger partial charge is 0.332 e. The highest BCUT2D eigenvalue weighted by Crippen LogP contribution is 2.26. The van der Waals surface area contributed by atoms with E-state index in [0.717, 1.165) is 63.3 Å². The van der Waals surface area contributed by atoms with E-state index in [1.54, 1.807) is 68.5 Å². The van der Waals surface area contributed by atoms with Crippen molar-refractivity contribution in [2.24, 2.45) is 0 Å². The molecule has 19 nitrogen and oxygen atoms in total. The lowest BCUT2D eigenvalue weighted by Gasteiger charge is -2.13. The molecule has 0 aliphatic heterocycles. The number of hydrogen-bond acceptors (Lipinski definition) is 14. The van der Waals surface area contributed by atoms with Crippen LogP contribution in [0, 0.1) is 0 Å². The van der Waals surface area contributed by atoms with Crippen molar-refractivity contribution in [3.05, 3.63) is 116 Å². The first-order valence-electron chi connectivity index (χ1n) is 20.1. The molecule has 10 aromatic rings. The molecule has 10 rings (SSSR count). The van der Waals surface area contributed by atoms with E-state index in [1.807, 2.05) is 81.3 Å². The molecular weight excluding hydrogens is 837 g/mol. The summed E-state index contributed by atoms with van der Waals surface area (Å²) in [5.74, 6) is 0. The zero-order valence-electron chi connectivity index (χ0n) is 36.2. The number of aryl methyl sites for hydroxylation is 2. The maximum atomic E-state index is 9.59. The van der Waals surface area contributed by atoms with Gasteiger partial charge in [0.05, 0.1) is 53.8 Å². The van der Waals surface area contributed by atoms with Gasteiger partial charge in [0, 0.05) is 66.8 Å². The molecule has 0 saturated carbocycles. The van der Waals surface area contributed by atoms with Crippen molar-refractivity contribution in [2.75, 3.05) is 26.7 Å². The van der Waals surface area contributed by atoms with E-state index in [-0.39, 0.29) is 12.1 Å². The third kappa shape index (κ3) is 10.3. The maximum absolute atomic E-state index is 9.59. The predicted octanol–water partition coefficient (Wildman–Crippen LogP) is 7.77. The normalized spacial score (nSPS) is 11.9. The van der Waals surface area contributed by atoms with Gasteiger partial charge in [-0.15, -0.1) is 10.2 Å². The SMILES string of the molecule is CCn1cc(-c2cnc3nnn(C(C)c4ccc5ncccc5c4)c3n2)cn1.CCn1cc(-c2cnc3nnn(C(C)c4ccc5nccn5c4)c3n2)cn1.C[P+](C)=O.C[P+](C)=O. The number of imidazole rings is 1. The molecule has 0 aliphatic carbocycles. The summed E-state index contributed by atoms with van der Waals surface area (Å²) >= 11 is 0. The molecule has 21 heteroatoms.